The number of benzene rings is 1. The summed E-state index contributed by atoms with van der Waals surface area (Å²) in [5.41, 5.74) is 6.73. The molecule has 0 saturated carbocycles. The molecule has 0 heterocycles. The molecule has 3 N–H and O–H groups in total. The molecule has 0 amide bonds. The van der Waals surface area contributed by atoms with Crippen molar-refractivity contribution in [2.45, 2.75) is 12.8 Å². The molecule has 104 valence electrons. The number of ether oxygens (including phenoxy) is 1. The maximum atomic E-state index is 10.9. The van der Waals surface area contributed by atoms with Crippen molar-refractivity contribution in [1.29, 1.82) is 0 Å². The maximum Gasteiger partial charge on any atom is 0.305 e. The lowest BCUT2D eigenvalue weighted by Gasteiger charge is -2.12. The number of hydrazine groups is 1. The third-order valence-electron chi connectivity index (χ3n) is 2.22. The normalized spacial score (nSPS) is 9.58. The van der Waals surface area contributed by atoms with E-state index in [-0.39, 0.29) is 5.97 Å². The Balaban J connectivity index is 2.16. The Morgan fingerprint density at radius 3 is 2.95 bits per heavy atom. The number of carbonyl (C=O) groups excluding carboxylic acids is 1. The maximum absolute atomic E-state index is 10.9. The molecule has 0 fully saturated rings. The van der Waals surface area contributed by atoms with Crippen LogP contribution in [0.2, 0.25) is 0 Å². The Morgan fingerprint density at radius 1 is 1.47 bits per heavy atom. The molecule has 5 nitrogen and oxygen atoms in total. The molecular weight excluding hydrogens is 330 g/mol. The number of rotatable bonds is 6. The molecule has 0 aromatic heterocycles. The van der Waals surface area contributed by atoms with E-state index in [0.29, 0.717) is 24.5 Å². The summed E-state index contributed by atoms with van der Waals surface area (Å²) < 4.78 is 5.52. The van der Waals surface area contributed by atoms with Crippen LogP contribution >= 0.6 is 28.1 Å². The van der Waals surface area contributed by atoms with E-state index >= 15 is 0 Å². The molecule has 1 aromatic rings. The van der Waals surface area contributed by atoms with E-state index in [9.17, 15) is 4.79 Å². The number of thiocarbonyl (C=S) groups is 1. The topological polar surface area (TPSA) is 62.4 Å². The highest BCUT2D eigenvalue weighted by Gasteiger charge is 2.00. The van der Waals surface area contributed by atoms with Crippen molar-refractivity contribution in [3.05, 3.63) is 28.7 Å². The zero-order chi connectivity index (χ0) is 14.1. The van der Waals surface area contributed by atoms with E-state index in [1.807, 2.05) is 24.3 Å². The zero-order valence-electron chi connectivity index (χ0n) is 10.5. The van der Waals surface area contributed by atoms with Gasteiger partial charge in [-0.15, -0.1) is 0 Å². The van der Waals surface area contributed by atoms with Gasteiger partial charge in [-0.2, -0.15) is 0 Å². The molecule has 1 rings (SSSR count). The number of nitrogens with one attached hydrogen (secondary N) is 3. The monoisotopic (exact) mass is 345 g/mol. The first-order valence-electron chi connectivity index (χ1n) is 5.74. The van der Waals surface area contributed by atoms with Gasteiger partial charge in [0.2, 0.25) is 0 Å². The minimum atomic E-state index is -0.215. The van der Waals surface area contributed by atoms with E-state index in [0.717, 1.165) is 10.2 Å². The summed E-state index contributed by atoms with van der Waals surface area (Å²) >= 11 is 8.46. The number of esters is 1. The van der Waals surface area contributed by atoms with Crippen molar-refractivity contribution in [2.75, 3.05) is 19.1 Å². The number of hydrogen-bond donors (Lipinski definition) is 3. The van der Waals surface area contributed by atoms with Gasteiger partial charge in [0, 0.05) is 17.4 Å². The van der Waals surface area contributed by atoms with Crippen LogP contribution in [-0.2, 0) is 9.53 Å². The van der Waals surface area contributed by atoms with Crippen LogP contribution in [0.15, 0.2) is 28.7 Å². The Morgan fingerprint density at radius 2 is 2.26 bits per heavy atom. The number of hydrogen-bond acceptors (Lipinski definition) is 4. The molecule has 0 bridgehead atoms. The highest BCUT2D eigenvalue weighted by molar-refractivity contribution is 9.10. The van der Waals surface area contributed by atoms with Gasteiger partial charge in [0.25, 0.3) is 0 Å². The fraction of sp³-hybridized carbons (Fsp3) is 0.333. The molecule has 1 aromatic carbocycles. The Labute approximate surface area is 126 Å². The van der Waals surface area contributed by atoms with E-state index in [4.69, 9.17) is 12.2 Å². The molecule has 0 aliphatic carbocycles. The third kappa shape index (κ3) is 6.97. The molecule has 0 spiro atoms. The number of anilines is 1. The van der Waals surface area contributed by atoms with E-state index in [2.05, 4.69) is 36.8 Å². The quantitative estimate of drug-likeness (QED) is 0.318. The second-order valence-corrected chi connectivity index (χ2v) is 5.02. The highest BCUT2D eigenvalue weighted by Crippen LogP contribution is 2.14. The van der Waals surface area contributed by atoms with Gasteiger partial charge < -0.3 is 10.1 Å². The van der Waals surface area contributed by atoms with Gasteiger partial charge in [0.05, 0.1) is 12.8 Å². The summed E-state index contributed by atoms with van der Waals surface area (Å²) in [7, 11) is 1.38. The average molecular weight is 346 g/mol. The van der Waals surface area contributed by atoms with Gasteiger partial charge in [0.15, 0.2) is 5.11 Å². The third-order valence-corrected chi connectivity index (χ3v) is 2.96. The fourth-order valence-corrected chi connectivity index (χ4v) is 1.83. The number of carbonyl (C=O) groups is 1. The van der Waals surface area contributed by atoms with Gasteiger partial charge in [-0.1, -0.05) is 22.0 Å². The lowest BCUT2D eigenvalue weighted by molar-refractivity contribution is -0.140. The van der Waals surface area contributed by atoms with Gasteiger partial charge in [0.1, 0.15) is 0 Å². The van der Waals surface area contributed by atoms with Crippen LogP contribution in [0.25, 0.3) is 0 Å². The van der Waals surface area contributed by atoms with Crippen LogP contribution in [0.3, 0.4) is 0 Å². The Kier molecular flexibility index (Phi) is 7.20. The first-order valence-corrected chi connectivity index (χ1v) is 6.94. The predicted molar refractivity (Wildman–Crippen MR) is 82.8 cm³/mol. The van der Waals surface area contributed by atoms with Gasteiger partial charge in [-0.25, -0.2) is 0 Å². The van der Waals surface area contributed by atoms with Gasteiger partial charge >= 0.3 is 5.97 Å². The first kappa shape index (κ1) is 15.7. The summed E-state index contributed by atoms with van der Waals surface area (Å²) in [6.07, 6.45) is 1.05. The smallest absolute Gasteiger partial charge is 0.305 e. The summed E-state index contributed by atoms with van der Waals surface area (Å²) in [6.45, 7) is 0.612. The van der Waals surface area contributed by atoms with Gasteiger partial charge in [-0.05, 0) is 36.8 Å². The van der Waals surface area contributed by atoms with Crippen molar-refractivity contribution in [3.8, 4) is 0 Å². The second kappa shape index (κ2) is 8.71. The standard InChI is InChI=1S/C12H16BrN3O2S/c1-18-11(17)6-3-7-14-12(19)16-15-10-5-2-4-9(13)8-10/h2,4-5,8,15H,3,6-7H2,1H3,(H2,14,16,19). The molecular formula is C12H16BrN3O2S. The van der Waals surface area contributed by atoms with Crippen LogP contribution < -0.4 is 16.2 Å². The lowest BCUT2D eigenvalue weighted by Crippen LogP contribution is -2.39. The molecule has 0 atom stereocenters. The van der Waals surface area contributed by atoms with Crippen molar-refractivity contribution in [2.24, 2.45) is 0 Å². The van der Waals surface area contributed by atoms with Crippen molar-refractivity contribution in [3.63, 3.8) is 0 Å². The lowest BCUT2D eigenvalue weighted by atomic mass is 10.3. The van der Waals surface area contributed by atoms with Crippen molar-refractivity contribution < 1.29 is 9.53 Å². The Hall–Kier alpha value is -1.34. The summed E-state index contributed by atoms with van der Waals surface area (Å²) in [5.74, 6) is -0.215. The first-order chi connectivity index (χ1) is 9.11. The van der Waals surface area contributed by atoms with Crippen LogP contribution in [-0.4, -0.2) is 24.7 Å². The van der Waals surface area contributed by atoms with E-state index < -0.39 is 0 Å². The van der Waals surface area contributed by atoms with Crippen LogP contribution in [0.4, 0.5) is 5.69 Å². The second-order valence-electron chi connectivity index (χ2n) is 3.70. The average Bonchev–Trinajstić information content (AvgIpc) is 2.41. The van der Waals surface area contributed by atoms with E-state index in [1.165, 1.54) is 7.11 Å². The van der Waals surface area contributed by atoms with Crippen LogP contribution in [0.5, 0.6) is 0 Å². The molecule has 0 aliphatic rings. The van der Waals surface area contributed by atoms with Crippen LogP contribution in [0, 0.1) is 0 Å². The fourth-order valence-electron chi connectivity index (χ4n) is 1.28. The summed E-state index contributed by atoms with van der Waals surface area (Å²) in [5, 5.41) is 3.46. The van der Waals surface area contributed by atoms with Crippen molar-refractivity contribution in [1.82, 2.24) is 10.7 Å². The molecule has 0 radical (unpaired) electrons. The molecule has 7 heteroatoms. The number of halogens is 1. The Bertz CT molecular complexity index is 443. The largest absolute Gasteiger partial charge is 0.469 e. The summed E-state index contributed by atoms with van der Waals surface area (Å²) in [6, 6.07) is 7.69. The van der Waals surface area contributed by atoms with E-state index in [1.54, 1.807) is 0 Å². The molecule has 0 saturated heterocycles. The zero-order valence-corrected chi connectivity index (χ0v) is 12.9. The highest BCUT2D eigenvalue weighted by atomic mass is 79.9. The minimum absolute atomic E-state index is 0.215. The SMILES string of the molecule is COC(=O)CCCNC(=S)NNc1cccc(Br)c1. The minimum Gasteiger partial charge on any atom is -0.469 e. The molecule has 0 aliphatic heterocycles. The van der Waals surface area contributed by atoms with Crippen LogP contribution in [0.1, 0.15) is 12.8 Å². The number of methoxy groups -OCH3 is 1. The predicted octanol–water partition coefficient (Wildman–Crippen LogP) is 2.19. The van der Waals surface area contributed by atoms with Gasteiger partial charge in [-0.3, -0.25) is 15.6 Å². The molecule has 0 unspecified atom stereocenters. The van der Waals surface area contributed by atoms with Crippen molar-refractivity contribution >= 4 is 44.9 Å². The molecule has 19 heavy (non-hydrogen) atoms. The summed E-state index contributed by atoms with van der Waals surface area (Å²) in [4.78, 5) is 10.9.